The van der Waals surface area contributed by atoms with Crippen LogP contribution in [0.3, 0.4) is 0 Å². The number of benzene rings is 1. The van der Waals surface area contributed by atoms with Gasteiger partial charge in [0.2, 0.25) is 0 Å². The summed E-state index contributed by atoms with van der Waals surface area (Å²) in [6.07, 6.45) is 3.63. The molecule has 0 heterocycles. The summed E-state index contributed by atoms with van der Waals surface area (Å²) in [6, 6.07) is 6.60. The van der Waals surface area contributed by atoms with Crippen LogP contribution in [0.25, 0.3) is 0 Å². The highest BCUT2D eigenvalue weighted by molar-refractivity contribution is 14.0. The molecule has 0 aliphatic heterocycles. The monoisotopic (exact) mass is 469 g/mol. The third-order valence-electron chi connectivity index (χ3n) is 4.06. The Morgan fingerprint density at radius 2 is 1.96 bits per heavy atom. The van der Waals surface area contributed by atoms with Gasteiger partial charge in [-0.3, -0.25) is 0 Å². The summed E-state index contributed by atoms with van der Waals surface area (Å²) in [6.45, 7) is 0.373. The number of alkyl halides is 2. The summed E-state index contributed by atoms with van der Waals surface area (Å²) in [7, 11) is 0. The molecule has 1 saturated carbocycles. The summed E-state index contributed by atoms with van der Waals surface area (Å²) < 4.78 is 29.4. The maximum absolute atomic E-state index is 12.4. The molecule has 0 saturated heterocycles. The molecule has 1 aliphatic rings. The van der Waals surface area contributed by atoms with E-state index in [0.717, 1.165) is 25.7 Å². The second-order valence-electron chi connectivity index (χ2n) is 5.97. The number of hydrogen-bond acceptors (Lipinski definition) is 3. The van der Waals surface area contributed by atoms with Gasteiger partial charge in [-0.2, -0.15) is 8.78 Å². The van der Waals surface area contributed by atoms with Gasteiger partial charge in [0.05, 0.1) is 12.1 Å². The van der Waals surface area contributed by atoms with E-state index >= 15 is 0 Å². The van der Waals surface area contributed by atoms with Gasteiger partial charge in [-0.1, -0.05) is 31.0 Å². The number of aliphatic hydroxyl groups is 1. The molecule has 1 aliphatic carbocycles. The van der Waals surface area contributed by atoms with Crippen molar-refractivity contribution in [3.8, 4) is 5.75 Å². The summed E-state index contributed by atoms with van der Waals surface area (Å²) in [5.74, 6) is 0.672. The van der Waals surface area contributed by atoms with Crippen molar-refractivity contribution in [1.29, 1.82) is 0 Å². The molecular formula is C17H26F2IN3O2. The van der Waals surface area contributed by atoms with E-state index in [9.17, 15) is 13.9 Å². The lowest BCUT2D eigenvalue weighted by Gasteiger charge is -2.23. The Morgan fingerprint density at radius 3 is 2.60 bits per heavy atom. The number of hydrogen-bond donors (Lipinski definition) is 3. The molecule has 0 atom stereocenters. The van der Waals surface area contributed by atoms with E-state index in [2.05, 4.69) is 20.4 Å². The molecule has 1 fully saturated rings. The molecule has 0 spiro atoms. The minimum Gasteiger partial charge on any atom is -0.434 e. The van der Waals surface area contributed by atoms with E-state index in [-0.39, 0.29) is 36.3 Å². The number of halogens is 3. The predicted octanol–water partition coefficient (Wildman–Crippen LogP) is 3.27. The minimum atomic E-state index is -2.86. The number of ether oxygens (including phenoxy) is 1. The number of para-hydroxylation sites is 1. The van der Waals surface area contributed by atoms with Gasteiger partial charge in [0.25, 0.3) is 0 Å². The maximum Gasteiger partial charge on any atom is 0.387 e. The van der Waals surface area contributed by atoms with Gasteiger partial charge in [0.15, 0.2) is 5.96 Å². The lowest BCUT2D eigenvalue weighted by molar-refractivity contribution is -0.0504. The van der Waals surface area contributed by atoms with Crippen molar-refractivity contribution < 1.29 is 18.6 Å². The number of aliphatic imine (C=N–C) groups is 1. The highest BCUT2D eigenvalue weighted by atomic mass is 127. The van der Waals surface area contributed by atoms with Gasteiger partial charge in [-0.05, 0) is 25.8 Å². The fourth-order valence-electron chi connectivity index (χ4n) is 2.81. The van der Waals surface area contributed by atoms with E-state index in [1.165, 1.54) is 6.07 Å². The van der Waals surface area contributed by atoms with Crippen molar-refractivity contribution in [2.75, 3.05) is 13.1 Å². The fraction of sp³-hybridized carbons (Fsp3) is 0.588. The van der Waals surface area contributed by atoms with Crippen LogP contribution in [0.1, 0.15) is 38.2 Å². The van der Waals surface area contributed by atoms with E-state index in [1.54, 1.807) is 18.2 Å². The highest BCUT2D eigenvalue weighted by Gasteiger charge is 2.30. The van der Waals surface area contributed by atoms with Crippen molar-refractivity contribution in [2.24, 2.45) is 4.99 Å². The summed E-state index contributed by atoms with van der Waals surface area (Å²) in [5.41, 5.74) is -0.109. The van der Waals surface area contributed by atoms with E-state index in [4.69, 9.17) is 0 Å². The number of nitrogens with one attached hydrogen (secondary N) is 2. The van der Waals surface area contributed by atoms with Crippen LogP contribution in [0.15, 0.2) is 29.3 Å². The Hall–Kier alpha value is -1.16. The van der Waals surface area contributed by atoms with Crippen molar-refractivity contribution in [2.45, 2.75) is 51.4 Å². The Bertz CT molecular complexity index is 552. The van der Waals surface area contributed by atoms with Gasteiger partial charge in [0, 0.05) is 18.7 Å². The average molecular weight is 469 g/mol. The molecule has 0 radical (unpaired) electrons. The van der Waals surface area contributed by atoms with Crippen LogP contribution in [0.4, 0.5) is 8.78 Å². The molecule has 142 valence electrons. The van der Waals surface area contributed by atoms with Crippen molar-refractivity contribution in [3.05, 3.63) is 29.8 Å². The van der Waals surface area contributed by atoms with Gasteiger partial charge >= 0.3 is 6.61 Å². The molecule has 0 amide bonds. The fourth-order valence-corrected chi connectivity index (χ4v) is 2.81. The topological polar surface area (TPSA) is 65.9 Å². The van der Waals surface area contributed by atoms with Gasteiger partial charge in [-0.25, -0.2) is 4.99 Å². The Morgan fingerprint density at radius 1 is 1.28 bits per heavy atom. The maximum atomic E-state index is 12.4. The molecule has 0 unspecified atom stereocenters. The molecule has 2 rings (SSSR count). The first-order valence-electron chi connectivity index (χ1n) is 8.30. The van der Waals surface area contributed by atoms with Crippen LogP contribution in [0.2, 0.25) is 0 Å². The third-order valence-corrected chi connectivity index (χ3v) is 4.06. The van der Waals surface area contributed by atoms with E-state index in [0.29, 0.717) is 24.6 Å². The van der Waals surface area contributed by atoms with Gasteiger partial charge in [-0.15, -0.1) is 24.0 Å². The first-order valence-corrected chi connectivity index (χ1v) is 8.30. The second-order valence-corrected chi connectivity index (χ2v) is 5.97. The number of nitrogens with zero attached hydrogens (tertiary/aromatic N) is 1. The largest absolute Gasteiger partial charge is 0.434 e. The molecule has 8 heteroatoms. The SMILES string of the molecule is CCNC(=NCc1ccccc1OC(F)F)NCC1(O)CCCC1.I. The quantitative estimate of drug-likeness (QED) is 0.326. The summed E-state index contributed by atoms with van der Waals surface area (Å²) in [5, 5.41) is 16.6. The zero-order valence-corrected chi connectivity index (χ0v) is 16.6. The van der Waals surface area contributed by atoms with Crippen molar-refractivity contribution >= 4 is 29.9 Å². The Balaban J connectivity index is 0.00000312. The van der Waals surface area contributed by atoms with Crippen molar-refractivity contribution in [1.82, 2.24) is 10.6 Å². The molecular weight excluding hydrogens is 443 g/mol. The summed E-state index contributed by atoms with van der Waals surface area (Å²) in [4.78, 5) is 4.40. The number of rotatable bonds is 7. The molecule has 3 N–H and O–H groups in total. The van der Waals surface area contributed by atoms with Crippen LogP contribution in [0.5, 0.6) is 5.75 Å². The average Bonchev–Trinajstić information content (AvgIpc) is 2.98. The minimum absolute atomic E-state index is 0. The molecule has 1 aromatic rings. The zero-order chi connectivity index (χ0) is 17.4. The molecule has 25 heavy (non-hydrogen) atoms. The smallest absolute Gasteiger partial charge is 0.387 e. The molecule has 5 nitrogen and oxygen atoms in total. The van der Waals surface area contributed by atoms with Crippen LogP contribution < -0.4 is 15.4 Å². The predicted molar refractivity (Wildman–Crippen MR) is 105 cm³/mol. The third kappa shape index (κ3) is 7.31. The van der Waals surface area contributed by atoms with Gasteiger partial charge in [0.1, 0.15) is 5.75 Å². The lowest BCUT2D eigenvalue weighted by atomic mass is 10.0. The van der Waals surface area contributed by atoms with Crippen LogP contribution in [0, 0.1) is 0 Å². The lowest BCUT2D eigenvalue weighted by Crippen LogP contribution is -2.46. The molecule has 1 aromatic carbocycles. The van der Waals surface area contributed by atoms with Gasteiger partial charge < -0.3 is 20.5 Å². The van der Waals surface area contributed by atoms with Crippen molar-refractivity contribution in [3.63, 3.8) is 0 Å². The van der Waals surface area contributed by atoms with E-state index < -0.39 is 12.2 Å². The Kier molecular flexibility index (Phi) is 9.41. The first-order chi connectivity index (χ1) is 11.5. The molecule has 0 aromatic heterocycles. The Labute approximate surface area is 164 Å². The first kappa shape index (κ1) is 21.9. The van der Waals surface area contributed by atoms with E-state index in [1.807, 2.05) is 6.92 Å². The highest BCUT2D eigenvalue weighted by Crippen LogP contribution is 2.28. The second kappa shape index (κ2) is 10.7. The molecule has 0 bridgehead atoms. The normalized spacial score (nSPS) is 16.4. The van der Waals surface area contributed by atoms with Crippen LogP contribution in [-0.2, 0) is 6.54 Å². The number of guanidine groups is 1. The standard InChI is InChI=1S/C17H25F2N3O2.HI/c1-2-20-16(22-12-17(23)9-5-6-10-17)21-11-13-7-3-4-8-14(13)24-15(18)19;/h3-4,7-8,15,23H,2,5-6,9-12H2,1H3,(H2,20,21,22);1H. The van der Waals surface area contributed by atoms with Crippen LogP contribution >= 0.6 is 24.0 Å². The summed E-state index contributed by atoms with van der Waals surface area (Å²) >= 11 is 0. The van der Waals surface area contributed by atoms with Crippen LogP contribution in [-0.4, -0.2) is 36.4 Å². The zero-order valence-electron chi connectivity index (χ0n) is 14.3.